The highest BCUT2D eigenvalue weighted by Crippen LogP contribution is 2.40. The molecule has 2 bridgehead atoms. The third kappa shape index (κ3) is 3.08. The summed E-state index contributed by atoms with van der Waals surface area (Å²) in [5.74, 6) is 0.658. The fraction of sp³-hybridized carbons (Fsp3) is 0.273. The zero-order chi connectivity index (χ0) is 20.8. The van der Waals surface area contributed by atoms with E-state index in [1.807, 2.05) is 44.2 Å². The molecule has 2 aromatic heterocycles. The molecule has 1 fully saturated rings. The number of hydrogen-bond donors (Lipinski definition) is 1. The predicted molar refractivity (Wildman–Crippen MR) is 118 cm³/mol. The number of amides is 2. The summed E-state index contributed by atoms with van der Waals surface area (Å²) in [5, 5.41) is 12.8. The molecule has 0 radical (unpaired) electrons. The van der Waals surface area contributed by atoms with Crippen LogP contribution in [0.3, 0.4) is 0 Å². The second kappa shape index (κ2) is 7.11. The molecule has 0 aliphatic carbocycles. The van der Waals surface area contributed by atoms with Crippen LogP contribution in [0.25, 0.3) is 11.3 Å². The van der Waals surface area contributed by atoms with Crippen molar-refractivity contribution in [2.24, 2.45) is 0 Å². The van der Waals surface area contributed by atoms with Gasteiger partial charge in [-0.05, 0) is 44.5 Å². The number of pyridine rings is 1. The smallest absolute Gasteiger partial charge is 0.329 e. The van der Waals surface area contributed by atoms with Gasteiger partial charge in [0.1, 0.15) is 0 Å². The number of benzene rings is 1. The first-order valence-electron chi connectivity index (χ1n) is 9.84. The summed E-state index contributed by atoms with van der Waals surface area (Å²) in [7, 11) is 0. The van der Waals surface area contributed by atoms with E-state index < -0.39 is 0 Å². The van der Waals surface area contributed by atoms with Crippen LogP contribution in [-0.4, -0.2) is 35.1 Å². The number of aromatic nitrogens is 2. The molecular weight excluding hydrogens is 396 g/mol. The number of hydrogen-bond acceptors (Lipinski definition) is 6. The maximum absolute atomic E-state index is 13.3. The maximum atomic E-state index is 13.3. The predicted octanol–water partition coefficient (Wildman–Crippen LogP) is 4.32. The fourth-order valence-corrected chi connectivity index (χ4v) is 4.86. The second-order valence-electron chi connectivity index (χ2n) is 7.58. The number of nitrogens with one attached hydrogen (secondary N) is 1. The van der Waals surface area contributed by atoms with Crippen molar-refractivity contribution in [3.63, 3.8) is 0 Å². The van der Waals surface area contributed by atoms with E-state index in [1.54, 1.807) is 11.0 Å². The van der Waals surface area contributed by atoms with Crippen LogP contribution in [0.1, 0.15) is 22.6 Å². The quantitative estimate of drug-likeness (QED) is 0.672. The van der Waals surface area contributed by atoms with Crippen LogP contribution >= 0.6 is 11.3 Å². The van der Waals surface area contributed by atoms with Crippen molar-refractivity contribution in [3.05, 3.63) is 52.5 Å². The average molecular weight is 417 g/mol. The highest BCUT2D eigenvalue weighted by molar-refractivity contribution is 7.15. The fourth-order valence-electron chi connectivity index (χ4n) is 4.06. The van der Waals surface area contributed by atoms with Gasteiger partial charge in [0.25, 0.3) is 0 Å². The van der Waals surface area contributed by atoms with E-state index in [2.05, 4.69) is 21.3 Å². The van der Waals surface area contributed by atoms with Crippen LogP contribution in [0, 0.1) is 25.2 Å². The Balaban J connectivity index is 1.53. The van der Waals surface area contributed by atoms with Gasteiger partial charge >= 0.3 is 6.03 Å². The number of nitrogens with zero attached hydrogens (tertiary/aromatic N) is 5. The number of thiazole rings is 1. The second-order valence-corrected chi connectivity index (χ2v) is 8.78. The molecule has 7 nitrogen and oxygen atoms in total. The molecule has 0 unspecified atom stereocenters. The monoisotopic (exact) mass is 416 g/mol. The van der Waals surface area contributed by atoms with Crippen LogP contribution in [-0.2, 0) is 0 Å². The van der Waals surface area contributed by atoms with Gasteiger partial charge < -0.3 is 4.90 Å². The summed E-state index contributed by atoms with van der Waals surface area (Å²) in [6.07, 6.45) is 0.902. The molecular formula is C22H20N6OS. The van der Waals surface area contributed by atoms with Gasteiger partial charge in [0.15, 0.2) is 10.9 Å². The molecule has 3 aromatic rings. The van der Waals surface area contributed by atoms with Gasteiger partial charge in [-0.2, -0.15) is 5.26 Å². The number of carbonyl (C=O) groups excluding carboxylic acids is 1. The van der Waals surface area contributed by atoms with Crippen LogP contribution < -0.4 is 15.1 Å². The molecule has 0 saturated carbocycles. The Hall–Kier alpha value is -3.44. The Morgan fingerprint density at radius 1 is 1.27 bits per heavy atom. The van der Waals surface area contributed by atoms with Gasteiger partial charge in [-0.15, -0.1) is 11.3 Å². The highest BCUT2D eigenvalue weighted by Gasteiger charge is 2.40. The number of urea groups is 1. The largest absolute Gasteiger partial charge is 0.366 e. The first-order valence-corrected chi connectivity index (χ1v) is 10.7. The molecule has 5 rings (SSSR count). The Kier molecular flexibility index (Phi) is 4.40. The van der Waals surface area contributed by atoms with E-state index in [4.69, 9.17) is 4.98 Å². The lowest BCUT2D eigenvalue weighted by Crippen LogP contribution is -2.48. The van der Waals surface area contributed by atoms with Crippen molar-refractivity contribution in [2.45, 2.75) is 26.3 Å². The normalized spacial score (nSPS) is 16.9. The van der Waals surface area contributed by atoms with Crippen LogP contribution in [0.15, 0.2) is 36.4 Å². The van der Waals surface area contributed by atoms with Gasteiger partial charge in [-0.25, -0.2) is 14.8 Å². The van der Waals surface area contributed by atoms with Gasteiger partial charge in [-0.3, -0.25) is 10.2 Å². The van der Waals surface area contributed by atoms with Gasteiger partial charge in [0.2, 0.25) is 0 Å². The molecule has 150 valence electrons. The van der Waals surface area contributed by atoms with E-state index in [0.29, 0.717) is 16.5 Å². The zero-order valence-electron chi connectivity index (χ0n) is 16.7. The highest BCUT2D eigenvalue weighted by atomic mass is 32.1. The molecule has 1 saturated heterocycles. The molecule has 2 aliphatic rings. The average Bonchev–Trinajstić information content (AvgIpc) is 3.31. The number of anilines is 3. The first kappa shape index (κ1) is 18.6. The van der Waals surface area contributed by atoms with E-state index in [1.165, 1.54) is 11.3 Å². The molecule has 4 heterocycles. The van der Waals surface area contributed by atoms with E-state index >= 15 is 0 Å². The first-order chi connectivity index (χ1) is 14.5. The molecule has 1 atom stereocenters. The number of rotatable bonds is 2. The summed E-state index contributed by atoms with van der Waals surface area (Å²) in [5.41, 5.74) is 4.08. The number of nitriles is 1. The zero-order valence-corrected chi connectivity index (χ0v) is 17.5. The maximum Gasteiger partial charge on any atom is 0.329 e. The number of fused-ring (bicyclic) bond motifs is 4. The molecule has 0 spiro atoms. The standard InChI is InChI=1S/C22H20N6OS/c1-13-14(2)30-21(24-13)26-22(29)28-17-8-9-27(12-17)19-7-6-18(25-20(19)28)16-5-3-4-15(10-16)11-23/h3-7,10,17H,8-9,12H2,1-2H3,(H,24,26,29)/t17-/m0/s1. The van der Waals surface area contributed by atoms with Crippen molar-refractivity contribution in [2.75, 3.05) is 28.2 Å². The van der Waals surface area contributed by atoms with Crippen LogP contribution in [0.4, 0.5) is 21.4 Å². The molecule has 30 heavy (non-hydrogen) atoms. The SMILES string of the molecule is Cc1nc(NC(=O)N2c3nc(-c4cccc(C#N)c4)ccc3N3CC[C@H]2C3)sc1C. The minimum atomic E-state index is -0.202. The van der Waals surface area contributed by atoms with Crippen molar-refractivity contribution in [3.8, 4) is 17.3 Å². The third-order valence-corrected chi connectivity index (χ3v) is 6.69. The van der Waals surface area contributed by atoms with Crippen LogP contribution in [0.2, 0.25) is 0 Å². The lowest BCUT2D eigenvalue weighted by Gasteiger charge is -2.35. The Morgan fingerprint density at radius 3 is 2.90 bits per heavy atom. The van der Waals surface area contributed by atoms with E-state index in [9.17, 15) is 10.1 Å². The lowest BCUT2D eigenvalue weighted by atomic mass is 10.1. The van der Waals surface area contributed by atoms with E-state index in [0.717, 1.165) is 47.0 Å². The van der Waals surface area contributed by atoms with Gasteiger partial charge in [0.05, 0.1) is 34.7 Å². The molecule has 2 aliphatic heterocycles. The third-order valence-electron chi connectivity index (χ3n) is 5.70. The summed E-state index contributed by atoms with van der Waals surface area (Å²) in [6.45, 7) is 5.65. The lowest BCUT2D eigenvalue weighted by molar-refractivity contribution is 0.255. The molecule has 8 heteroatoms. The van der Waals surface area contributed by atoms with Crippen molar-refractivity contribution < 1.29 is 4.79 Å². The molecule has 1 aromatic carbocycles. The molecule has 1 N–H and O–H groups in total. The Morgan fingerprint density at radius 2 is 2.13 bits per heavy atom. The summed E-state index contributed by atoms with van der Waals surface area (Å²) in [4.78, 5) is 27.7. The minimum absolute atomic E-state index is 0.0767. The van der Waals surface area contributed by atoms with Gasteiger partial charge in [-0.1, -0.05) is 12.1 Å². The number of aryl methyl sites for hydroxylation is 2. The Labute approximate surface area is 178 Å². The molecule has 2 amide bonds. The topological polar surface area (TPSA) is 85.1 Å². The van der Waals surface area contributed by atoms with Crippen molar-refractivity contribution >= 4 is 34.0 Å². The number of carbonyl (C=O) groups is 1. The van der Waals surface area contributed by atoms with Crippen LogP contribution in [0.5, 0.6) is 0 Å². The summed E-state index contributed by atoms with van der Waals surface area (Å²) in [6, 6.07) is 13.4. The minimum Gasteiger partial charge on any atom is -0.366 e. The van der Waals surface area contributed by atoms with Gasteiger partial charge in [0, 0.05) is 23.5 Å². The summed E-state index contributed by atoms with van der Waals surface area (Å²) >= 11 is 1.48. The van der Waals surface area contributed by atoms with E-state index in [-0.39, 0.29) is 12.1 Å². The van der Waals surface area contributed by atoms with Crippen molar-refractivity contribution in [1.82, 2.24) is 9.97 Å². The summed E-state index contributed by atoms with van der Waals surface area (Å²) < 4.78 is 0. The Bertz CT molecular complexity index is 1180. The van der Waals surface area contributed by atoms with Crippen molar-refractivity contribution in [1.29, 1.82) is 5.26 Å².